The van der Waals surface area contributed by atoms with E-state index in [1.807, 2.05) is 0 Å². The minimum absolute atomic E-state index is 0.153. The molecule has 2 rings (SSSR count). The molecule has 0 bridgehead atoms. The summed E-state index contributed by atoms with van der Waals surface area (Å²) >= 11 is 0. The van der Waals surface area contributed by atoms with E-state index in [9.17, 15) is 13.6 Å². The number of amides is 1. The van der Waals surface area contributed by atoms with E-state index >= 15 is 0 Å². The van der Waals surface area contributed by atoms with E-state index in [4.69, 9.17) is 4.74 Å². The van der Waals surface area contributed by atoms with Crippen molar-refractivity contribution in [2.45, 2.75) is 58.0 Å². The molecule has 1 aliphatic carbocycles. The third-order valence-electron chi connectivity index (χ3n) is 3.24. The van der Waals surface area contributed by atoms with Crippen LogP contribution in [0.2, 0.25) is 0 Å². The zero-order valence-corrected chi connectivity index (χ0v) is 12.7. The van der Waals surface area contributed by atoms with Crippen molar-refractivity contribution in [3.8, 4) is 0 Å². The summed E-state index contributed by atoms with van der Waals surface area (Å²) in [6, 6.07) is 1.72. The van der Waals surface area contributed by atoms with Crippen LogP contribution in [-0.2, 0) is 4.74 Å². The summed E-state index contributed by atoms with van der Waals surface area (Å²) in [4.78, 5) is 15.9. The maximum Gasteiger partial charge on any atom is 0.412 e. The van der Waals surface area contributed by atoms with Gasteiger partial charge in [-0.15, -0.1) is 0 Å². The summed E-state index contributed by atoms with van der Waals surface area (Å²) in [5, 5.41) is 2.59. The number of alkyl halides is 2. The van der Waals surface area contributed by atoms with Crippen molar-refractivity contribution in [1.29, 1.82) is 0 Å². The van der Waals surface area contributed by atoms with E-state index in [-0.39, 0.29) is 18.8 Å². The first-order valence-corrected chi connectivity index (χ1v) is 6.90. The second kappa shape index (κ2) is 5.24. The van der Waals surface area contributed by atoms with Crippen LogP contribution in [-0.4, -0.2) is 22.6 Å². The molecule has 6 heteroatoms. The number of aryl methyl sites for hydroxylation is 1. The van der Waals surface area contributed by atoms with Gasteiger partial charge in [0.05, 0.1) is 11.9 Å². The average molecular weight is 298 g/mol. The van der Waals surface area contributed by atoms with Crippen LogP contribution < -0.4 is 5.32 Å². The second-order valence-electron chi connectivity index (χ2n) is 6.51. The molecule has 1 saturated carbocycles. The van der Waals surface area contributed by atoms with Gasteiger partial charge < -0.3 is 4.74 Å². The van der Waals surface area contributed by atoms with E-state index in [1.165, 1.54) is 6.20 Å². The molecule has 1 aromatic rings. The summed E-state index contributed by atoms with van der Waals surface area (Å²) in [6.45, 7) is 7.13. The Hall–Kier alpha value is -1.72. The number of halogens is 2. The molecule has 0 aliphatic heterocycles. The Balaban J connectivity index is 2.01. The van der Waals surface area contributed by atoms with Crippen molar-refractivity contribution in [3.05, 3.63) is 23.5 Å². The van der Waals surface area contributed by atoms with Gasteiger partial charge in [-0.05, 0) is 39.3 Å². The molecule has 1 aliphatic rings. The van der Waals surface area contributed by atoms with Gasteiger partial charge in [0.15, 0.2) is 0 Å². The van der Waals surface area contributed by atoms with E-state index in [0.29, 0.717) is 11.4 Å². The minimum Gasteiger partial charge on any atom is -0.444 e. The molecule has 0 saturated heterocycles. The fourth-order valence-corrected chi connectivity index (χ4v) is 2.36. The molecule has 0 radical (unpaired) electrons. The molecule has 4 nitrogen and oxygen atoms in total. The van der Waals surface area contributed by atoms with Crippen LogP contribution in [0.3, 0.4) is 0 Å². The first-order chi connectivity index (χ1) is 9.56. The molecule has 1 N–H and O–H groups in total. The molecule has 1 fully saturated rings. The second-order valence-corrected chi connectivity index (χ2v) is 6.51. The molecular formula is C15H20F2N2O2. The van der Waals surface area contributed by atoms with Crippen molar-refractivity contribution >= 4 is 11.8 Å². The smallest absolute Gasteiger partial charge is 0.412 e. The zero-order chi connectivity index (χ0) is 15.8. The van der Waals surface area contributed by atoms with E-state index in [2.05, 4.69) is 10.3 Å². The third kappa shape index (κ3) is 4.12. The number of hydrogen-bond acceptors (Lipinski definition) is 3. The SMILES string of the molecule is Cc1cc(NC(=O)OC(C)(C)C)cnc1C1CC(F)(F)C1. The third-order valence-corrected chi connectivity index (χ3v) is 3.24. The number of nitrogens with one attached hydrogen (secondary N) is 1. The first-order valence-electron chi connectivity index (χ1n) is 6.90. The summed E-state index contributed by atoms with van der Waals surface area (Å²) in [7, 11) is 0. The van der Waals surface area contributed by atoms with Gasteiger partial charge in [0.2, 0.25) is 5.92 Å². The lowest BCUT2D eigenvalue weighted by Crippen LogP contribution is -2.34. The molecule has 21 heavy (non-hydrogen) atoms. The van der Waals surface area contributed by atoms with Gasteiger partial charge in [-0.3, -0.25) is 10.3 Å². The van der Waals surface area contributed by atoms with Crippen LogP contribution in [0.4, 0.5) is 19.3 Å². The first kappa shape index (κ1) is 15.7. The number of anilines is 1. The molecular weight excluding hydrogens is 278 g/mol. The van der Waals surface area contributed by atoms with E-state index in [1.54, 1.807) is 33.8 Å². The number of rotatable bonds is 2. The molecule has 0 atom stereocenters. The lowest BCUT2D eigenvalue weighted by molar-refractivity contribution is -0.0877. The fourth-order valence-electron chi connectivity index (χ4n) is 2.36. The molecule has 0 spiro atoms. The number of carbonyl (C=O) groups is 1. The van der Waals surface area contributed by atoms with Gasteiger partial charge in [-0.2, -0.15) is 0 Å². The zero-order valence-electron chi connectivity index (χ0n) is 12.7. The Bertz CT molecular complexity index is 545. The van der Waals surface area contributed by atoms with Crippen molar-refractivity contribution in [3.63, 3.8) is 0 Å². The predicted octanol–water partition coefficient (Wildman–Crippen LogP) is 4.25. The Morgan fingerprint density at radius 2 is 2.05 bits per heavy atom. The van der Waals surface area contributed by atoms with E-state index in [0.717, 1.165) is 5.56 Å². The van der Waals surface area contributed by atoms with Gasteiger partial charge in [-0.25, -0.2) is 13.6 Å². The summed E-state index contributed by atoms with van der Waals surface area (Å²) < 4.78 is 31.0. The topological polar surface area (TPSA) is 51.2 Å². The quantitative estimate of drug-likeness (QED) is 0.888. The van der Waals surface area contributed by atoms with Crippen molar-refractivity contribution in [2.24, 2.45) is 0 Å². The number of nitrogens with zero attached hydrogens (tertiary/aromatic N) is 1. The largest absolute Gasteiger partial charge is 0.444 e. The van der Waals surface area contributed by atoms with Crippen LogP contribution in [0, 0.1) is 6.92 Å². The minimum atomic E-state index is -2.56. The fraction of sp³-hybridized carbons (Fsp3) is 0.600. The number of pyridine rings is 1. The van der Waals surface area contributed by atoms with Crippen LogP contribution in [0.15, 0.2) is 12.3 Å². The number of aromatic nitrogens is 1. The molecule has 1 aromatic heterocycles. The Kier molecular flexibility index (Phi) is 3.91. The highest BCUT2D eigenvalue weighted by Gasteiger charge is 2.46. The number of carbonyl (C=O) groups excluding carboxylic acids is 1. The number of hydrogen-bond donors (Lipinski definition) is 1. The van der Waals surface area contributed by atoms with Crippen LogP contribution in [0.1, 0.15) is 50.8 Å². The van der Waals surface area contributed by atoms with Gasteiger partial charge >= 0.3 is 6.09 Å². The maximum absolute atomic E-state index is 12.9. The molecule has 0 unspecified atom stereocenters. The summed E-state index contributed by atoms with van der Waals surface area (Å²) in [5.74, 6) is -2.76. The monoisotopic (exact) mass is 298 g/mol. The highest BCUT2D eigenvalue weighted by molar-refractivity contribution is 5.84. The molecule has 1 heterocycles. The Labute approximate surface area is 122 Å². The molecule has 116 valence electrons. The van der Waals surface area contributed by atoms with Crippen LogP contribution in [0.25, 0.3) is 0 Å². The Morgan fingerprint density at radius 1 is 1.43 bits per heavy atom. The summed E-state index contributed by atoms with van der Waals surface area (Å²) in [6.07, 6.45) is 0.605. The van der Waals surface area contributed by atoms with Crippen molar-refractivity contribution < 1.29 is 18.3 Å². The van der Waals surface area contributed by atoms with Gasteiger partial charge in [0.1, 0.15) is 5.60 Å². The lowest BCUT2D eigenvalue weighted by Gasteiger charge is -2.35. The predicted molar refractivity (Wildman–Crippen MR) is 75.8 cm³/mol. The van der Waals surface area contributed by atoms with Crippen molar-refractivity contribution in [1.82, 2.24) is 4.98 Å². The summed E-state index contributed by atoms with van der Waals surface area (Å²) in [5.41, 5.74) is 1.39. The highest BCUT2D eigenvalue weighted by Crippen LogP contribution is 2.48. The number of ether oxygens (including phenoxy) is 1. The van der Waals surface area contributed by atoms with Crippen molar-refractivity contribution in [2.75, 3.05) is 5.32 Å². The lowest BCUT2D eigenvalue weighted by atomic mass is 9.78. The normalized spacial score (nSPS) is 18.0. The standard InChI is InChI=1S/C15H20F2N2O2/c1-9-5-11(19-13(20)21-14(2,3)4)8-18-12(9)10-6-15(16,17)7-10/h5,8,10H,6-7H2,1-4H3,(H,19,20). The van der Waals surface area contributed by atoms with E-state index < -0.39 is 17.6 Å². The molecule has 1 amide bonds. The van der Waals surface area contributed by atoms with Crippen LogP contribution in [0.5, 0.6) is 0 Å². The maximum atomic E-state index is 12.9. The highest BCUT2D eigenvalue weighted by atomic mass is 19.3. The average Bonchev–Trinajstić information content (AvgIpc) is 2.23. The Morgan fingerprint density at radius 3 is 2.52 bits per heavy atom. The van der Waals surface area contributed by atoms with Gasteiger partial charge in [0, 0.05) is 24.5 Å². The van der Waals surface area contributed by atoms with Gasteiger partial charge in [-0.1, -0.05) is 0 Å². The van der Waals surface area contributed by atoms with Crippen LogP contribution >= 0.6 is 0 Å². The molecule has 0 aromatic carbocycles. The van der Waals surface area contributed by atoms with Gasteiger partial charge in [0.25, 0.3) is 0 Å².